The van der Waals surface area contributed by atoms with Gasteiger partial charge >= 0.3 is 0 Å². The Morgan fingerprint density at radius 2 is 0.644 bits per heavy atom. The molecule has 0 bridgehead atoms. The lowest BCUT2D eigenvalue weighted by molar-refractivity contribution is 0.589. The van der Waals surface area contributed by atoms with Gasteiger partial charge in [-0.1, -0.05) is 281 Å². The van der Waals surface area contributed by atoms with Crippen LogP contribution in [0.25, 0.3) is 100 Å². The van der Waals surface area contributed by atoms with Crippen molar-refractivity contribution in [3.63, 3.8) is 0 Å². The van der Waals surface area contributed by atoms with Crippen molar-refractivity contribution in [2.45, 2.75) is 97.3 Å². The van der Waals surface area contributed by atoms with Crippen LogP contribution in [0.15, 0.2) is 291 Å². The van der Waals surface area contributed by atoms with E-state index in [1.807, 2.05) is 12.1 Å². The second-order valence-electron chi connectivity index (χ2n) is 31.1. The molecule has 2 aliphatic carbocycles. The highest BCUT2D eigenvalue weighted by molar-refractivity contribution is 6.08. The Bertz CT molecular complexity index is 5770. The van der Waals surface area contributed by atoms with E-state index >= 15 is 0 Å². The number of benzene rings is 13. The highest BCUT2D eigenvalue weighted by atomic mass is 15.2. The van der Waals surface area contributed by atoms with Gasteiger partial charge in [0.25, 0.3) is 0 Å². The molecule has 0 atom stereocenters. The minimum atomic E-state index is -1.11. The Morgan fingerprint density at radius 1 is 0.327 bits per heavy atom. The maximum absolute atomic E-state index is 11.8. The van der Waals surface area contributed by atoms with E-state index in [2.05, 4.69) is 324 Å². The third kappa shape index (κ3) is 9.48. The Balaban J connectivity index is 1.05. The minimum absolute atomic E-state index is 0.0353. The number of nitrogens with zero attached hydrogens (tertiary/aromatic N) is 4. The van der Waals surface area contributed by atoms with Crippen LogP contribution >= 0.6 is 0 Å². The highest BCUT2D eigenvalue weighted by Gasteiger charge is 2.45. The van der Waals surface area contributed by atoms with Gasteiger partial charge < -0.3 is 18.9 Å². The molecule has 4 aliphatic rings. The molecule has 4 nitrogen and oxygen atoms in total. The Kier molecular flexibility index (Phi) is 12.1. The minimum Gasteiger partial charge on any atom is -0.309 e. The Labute approximate surface area is 602 Å². The molecule has 4 heterocycles. The zero-order valence-electron chi connectivity index (χ0n) is 64.5. The number of aromatic nitrogens is 2. The first-order chi connectivity index (χ1) is 51.6. The van der Waals surface area contributed by atoms with Gasteiger partial charge in [0.15, 0.2) is 0 Å². The maximum atomic E-state index is 11.8. The molecule has 0 saturated heterocycles. The summed E-state index contributed by atoms with van der Waals surface area (Å²) in [6.07, 6.45) is 1.33. The maximum Gasteiger partial charge on any atom is 0.0667 e. The Morgan fingerprint density at radius 3 is 1.00 bits per heavy atom. The van der Waals surface area contributed by atoms with E-state index in [1.54, 1.807) is 0 Å². The molecule has 2 aromatic heterocycles. The normalized spacial score (nSPS) is 14.5. The van der Waals surface area contributed by atoms with Crippen LogP contribution < -0.4 is 9.80 Å². The van der Waals surface area contributed by atoms with Gasteiger partial charge in [0.05, 0.1) is 64.8 Å². The first kappa shape index (κ1) is 54.5. The molecule has 0 fully saturated rings. The lowest BCUT2D eigenvalue weighted by Crippen LogP contribution is -2.31. The third-order valence-corrected chi connectivity index (χ3v) is 21.8. The summed E-state index contributed by atoms with van der Waals surface area (Å²) in [5.41, 5.74) is 25.1. The first-order valence-corrected chi connectivity index (χ1v) is 35.6. The quantitative estimate of drug-likeness (QED) is 0.151. The number of anilines is 6. The fourth-order valence-electron chi connectivity index (χ4n) is 16.8. The number of para-hydroxylation sites is 2. The summed E-state index contributed by atoms with van der Waals surface area (Å²) < 4.78 is 73.1. The van der Waals surface area contributed by atoms with Crippen LogP contribution in [-0.4, -0.2) is 9.13 Å². The summed E-state index contributed by atoms with van der Waals surface area (Å²) in [5, 5.41) is 2.04. The smallest absolute Gasteiger partial charge is 0.0667 e. The Hall–Kier alpha value is -11.5. The van der Waals surface area contributed by atoms with Crippen molar-refractivity contribution in [2.24, 2.45) is 0 Å². The topological polar surface area (TPSA) is 16.3 Å². The summed E-state index contributed by atoms with van der Waals surface area (Å²) in [7, 11) is 0. The van der Waals surface area contributed by atoms with Crippen molar-refractivity contribution in [2.75, 3.05) is 9.80 Å². The lowest BCUT2D eigenvalue weighted by Gasteiger charge is -2.47. The lowest BCUT2D eigenvalue weighted by atomic mass is 9.73. The van der Waals surface area contributed by atoms with Crippen molar-refractivity contribution in [1.82, 2.24) is 9.13 Å². The third-order valence-electron chi connectivity index (χ3n) is 21.8. The largest absolute Gasteiger partial charge is 0.309 e. The van der Waals surface area contributed by atoms with Crippen molar-refractivity contribution >= 4 is 55.9 Å². The molecule has 13 aromatic carbocycles. The standard InChI is InChI=1S/C97H80N4/c1-95(2,3)66-52-77(60-30-14-10-15-31-60)93(78(53-66)61-32-16-11-17-33-61)100-85-58-69(98-83-44-28-26-42-73(83)81-50-64-38-22-24-40-71(64)91(81)98)46-48-75(85)89-76-49-47-70(99-84-45-29-27-43-74(84)82-51-65-39-23-25-41-72(65)92(82)99)59-86(76)101(88-57-68(97(7,8)9)56-87(100)90(88)89)94-79(62-34-18-12-19-35-62)54-67(96(4,5)6)55-80(94)63-36-20-13-21-37-63/h10-49,52-59,89H,50-51H2,1-9H3/i46D,47D,48D,49D,58D,59D. The van der Waals surface area contributed by atoms with E-state index in [4.69, 9.17) is 0 Å². The van der Waals surface area contributed by atoms with Crippen LogP contribution in [0.1, 0.15) is 132 Å². The summed E-state index contributed by atoms with van der Waals surface area (Å²) in [5.74, 6) is -1.11. The summed E-state index contributed by atoms with van der Waals surface area (Å²) in [6, 6.07) is 89.3. The van der Waals surface area contributed by atoms with Crippen LogP contribution in [0.2, 0.25) is 0 Å². The summed E-state index contributed by atoms with van der Waals surface area (Å²) in [4.78, 5) is 4.60. The predicted octanol–water partition coefficient (Wildman–Crippen LogP) is 26.0. The van der Waals surface area contributed by atoms with Crippen LogP contribution in [0, 0.1) is 0 Å². The molecule has 0 unspecified atom stereocenters. The molecule has 4 heteroatoms. The molecule has 19 rings (SSSR count). The highest BCUT2D eigenvalue weighted by Crippen LogP contribution is 2.65. The molecule has 2 aliphatic heterocycles. The molecular weight excluding hydrogens is 1220 g/mol. The van der Waals surface area contributed by atoms with Gasteiger partial charge in [0.2, 0.25) is 0 Å². The van der Waals surface area contributed by atoms with Crippen molar-refractivity contribution in [1.29, 1.82) is 0 Å². The van der Waals surface area contributed by atoms with E-state index in [0.29, 0.717) is 35.3 Å². The van der Waals surface area contributed by atoms with E-state index in [0.717, 1.165) is 156 Å². The summed E-state index contributed by atoms with van der Waals surface area (Å²) in [6.45, 7) is 20.3. The van der Waals surface area contributed by atoms with Crippen molar-refractivity contribution in [3.8, 4) is 78.4 Å². The second kappa shape index (κ2) is 22.5. The van der Waals surface area contributed by atoms with Crippen LogP contribution in [0.3, 0.4) is 0 Å². The van der Waals surface area contributed by atoms with Gasteiger partial charge in [-0.25, -0.2) is 0 Å². The zero-order valence-corrected chi connectivity index (χ0v) is 58.5. The molecule has 15 aromatic rings. The number of hydrogen-bond acceptors (Lipinski definition) is 2. The SMILES string of the molecule is [2H]c1c([2H])c(-n2c3c(c4ccccc42)Cc2ccccc2-3)c([2H])c2c1C1c3c(cc(C(C)(C)C)cc3N(c3c(-c4ccccc4)cc(C(C)(C)C)cc3-c3ccccc3)c3c([2H])c(-n4c5c(c6ccccc64)Cc4ccccc4-5)c([2H])c([2H])c31)N2c1c(-c2ccccc2)cc(C(C)(C)C)cc1-c1ccccc1. The number of rotatable bonds is 8. The number of fused-ring (bicyclic) bond motifs is 14. The fraction of sp³-hybridized carbons (Fsp3) is 0.155. The van der Waals surface area contributed by atoms with Gasteiger partial charge in [0, 0.05) is 79.9 Å². The fourth-order valence-corrected chi connectivity index (χ4v) is 16.8. The van der Waals surface area contributed by atoms with Crippen LogP contribution in [0.5, 0.6) is 0 Å². The molecule has 0 N–H and O–H groups in total. The molecule has 0 amide bonds. The van der Waals surface area contributed by atoms with E-state index < -0.39 is 11.3 Å². The van der Waals surface area contributed by atoms with Gasteiger partial charge in [-0.05, 0) is 161 Å². The number of hydrogen-bond donors (Lipinski definition) is 0. The summed E-state index contributed by atoms with van der Waals surface area (Å²) >= 11 is 0. The van der Waals surface area contributed by atoms with Crippen LogP contribution in [-0.2, 0) is 29.1 Å². The van der Waals surface area contributed by atoms with E-state index in [9.17, 15) is 8.22 Å². The average Bonchev–Trinajstić information content (AvgIpc) is 0.854. The van der Waals surface area contributed by atoms with E-state index in [-0.39, 0.29) is 58.5 Å². The average molecular weight is 1310 g/mol. The first-order valence-electron chi connectivity index (χ1n) is 38.6. The van der Waals surface area contributed by atoms with Crippen molar-refractivity contribution in [3.05, 3.63) is 347 Å². The van der Waals surface area contributed by atoms with E-state index in [1.165, 1.54) is 0 Å². The molecule has 488 valence electrons. The van der Waals surface area contributed by atoms with Crippen LogP contribution in [0.4, 0.5) is 34.1 Å². The molecular formula is C97H80N4. The van der Waals surface area contributed by atoms with Gasteiger partial charge in [-0.15, -0.1) is 0 Å². The predicted molar refractivity (Wildman–Crippen MR) is 425 cm³/mol. The molecule has 0 spiro atoms. The van der Waals surface area contributed by atoms with Gasteiger partial charge in [-0.2, -0.15) is 0 Å². The molecule has 0 radical (unpaired) electrons. The zero-order chi connectivity index (χ0) is 73.6. The van der Waals surface area contributed by atoms with Gasteiger partial charge in [-0.3, -0.25) is 0 Å². The second-order valence-corrected chi connectivity index (χ2v) is 31.1. The monoisotopic (exact) mass is 1310 g/mol. The molecule has 0 saturated carbocycles. The molecule has 101 heavy (non-hydrogen) atoms. The van der Waals surface area contributed by atoms with Gasteiger partial charge in [0.1, 0.15) is 0 Å². The van der Waals surface area contributed by atoms with Crippen molar-refractivity contribution < 1.29 is 8.22 Å².